The van der Waals surface area contributed by atoms with Gasteiger partial charge in [0.15, 0.2) is 0 Å². The Kier molecular flexibility index (Phi) is 7.39. The van der Waals surface area contributed by atoms with E-state index in [4.69, 9.17) is 4.84 Å². The van der Waals surface area contributed by atoms with Crippen LogP contribution in [0.3, 0.4) is 0 Å². The van der Waals surface area contributed by atoms with Gasteiger partial charge in [-0.1, -0.05) is 26.0 Å². The number of rotatable bonds is 8. The van der Waals surface area contributed by atoms with Crippen LogP contribution >= 0.6 is 0 Å². The summed E-state index contributed by atoms with van der Waals surface area (Å²) in [7, 11) is -5.52. The number of carbonyl (C=O) groups excluding carboxylic acids is 1. The zero-order valence-electron chi connectivity index (χ0n) is 16.8. The van der Waals surface area contributed by atoms with Gasteiger partial charge in [0.1, 0.15) is 6.04 Å². The van der Waals surface area contributed by atoms with E-state index < -0.39 is 21.6 Å². The van der Waals surface area contributed by atoms with Crippen molar-refractivity contribution < 1.29 is 31.2 Å². The second-order valence-corrected chi connectivity index (χ2v) is 9.15. The lowest BCUT2D eigenvalue weighted by molar-refractivity contribution is -0.149. The third kappa shape index (κ3) is 5.32. The highest BCUT2D eigenvalue weighted by molar-refractivity contribution is 7.90. The van der Waals surface area contributed by atoms with Crippen LogP contribution in [0.15, 0.2) is 23.4 Å². The number of hydrogen-bond acceptors (Lipinski definition) is 5. The van der Waals surface area contributed by atoms with Crippen LogP contribution in [-0.4, -0.2) is 50.5 Å². The SMILES string of the molecule is CCONC1C(=O)N(CC2=CCCC=C2NS(=O)(=O)C(F)(F)F)CCC1(C)CC. The highest BCUT2D eigenvalue weighted by Gasteiger charge is 2.47. The van der Waals surface area contributed by atoms with Crippen molar-refractivity contribution in [3.8, 4) is 0 Å². The fourth-order valence-electron chi connectivity index (χ4n) is 3.41. The lowest BCUT2D eigenvalue weighted by Crippen LogP contribution is -2.60. The molecular formula is C18H28F3N3O4S. The van der Waals surface area contributed by atoms with E-state index in [9.17, 15) is 26.4 Å². The third-order valence-electron chi connectivity index (χ3n) is 5.52. The average Bonchev–Trinajstić information content (AvgIpc) is 2.64. The van der Waals surface area contributed by atoms with Crippen molar-refractivity contribution in [2.24, 2.45) is 5.41 Å². The van der Waals surface area contributed by atoms with E-state index in [0.29, 0.717) is 38.0 Å². The molecule has 29 heavy (non-hydrogen) atoms. The highest BCUT2D eigenvalue weighted by atomic mass is 32.2. The molecule has 1 fully saturated rings. The summed E-state index contributed by atoms with van der Waals surface area (Å²) in [4.78, 5) is 19.8. The zero-order valence-corrected chi connectivity index (χ0v) is 17.6. The molecule has 1 aliphatic carbocycles. The van der Waals surface area contributed by atoms with E-state index in [-0.39, 0.29) is 23.6 Å². The van der Waals surface area contributed by atoms with Gasteiger partial charge in [0.2, 0.25) is 5.91 Å². The zero-order chi connectivity index (χ0) is 21.9. The predicted octanol–water partition coefficient (Wildman–Crippen LogP) is 2.59. The van der Waals surface area contributed by atoms with E-state index in [1.54, 1.807) is 17.7 Å². The monoisotopic (exact) mass is 439 g/mol. The Morgan fingerprint density at radius 3 is 2.52 bits per heavy atom. The van der Waals surface area contributed by atoms with E-state index in [1.807, 2.05) is 13.8 Å². The summed E-state index contributed by atoms with van der Waals surface area (Å²) in [5.41, 5.74) is -2.69. The number of sulfonamides is 1. The topological polar surface area (TPSA) is 87.7 Å². The number of carbonyl (C=O) groups is 1. The lowest BCUT2D eigenvalue weighted by atomic mass is 9.74. The number of likely N-dealkylation sites (tertiary alicyclic amines) is 1. The van der Waals surface area contributed by atoms with Crippen LogP contribution in [0.5, 0.6) is 0 Å². The fraction of sp³-hybridized carbons (Fsp3) is 0.722. The van der Waals surface area contributed by atoms with Gasteiger partial charge in [-0.2, -0.15) is 27.1 Å². The number of halogens is 3. The van der Waals surface area contributed by atoms with Crippen LogP contribution in [0.4, 0.5) is 13.2 Å². The minimum atomic E-state index is -5.52. The Morgan fingerprint density at radius 2 is 1.93 bits per heavy atom. The molecule has 0 aromatic heterocycles. The third-order valence-corrected chi connectivity index (χ3v) is 6.62. The van der Waals surface area contributed by atoms with E-state index >= 15 is 0 Å². The maximum atomic E-state index is 13.0. The molecule has 1 saturated heterocycles. The molecule has 2 atom stereocenters. The van der Waals surface area contributed by atoms with Gasteiger partial charge in [0.05, 0.1) is 6.61 Å². The summed E-state index contributed by atoms with van der Waals surface area (Å²) in [6, 6.07) is -0.593. The number of allylic oxidation sites excluding steroid dienone is 2. The Bertz CT molecular complexity index is 780. The molecule has 166 valence electrons. The summed E-state index contributed by atoms with van der Waals surface area (Å²) in [6.07, 6.45) is 5.48. The van der Waals surface area contributed by atoms with Crippen molar-refractivity contribution in [2.45, 2.75) is 58.0 Å². The van der Waals surface area contributed by atoms with Crippen molar-refractivity contribution in [3.05, 3.63) is 23.4 Å². The maximum Gasteiger partial charge on any atom is 0.516 e. The van der Waals surface area contributed by atoms with Gasteiger partial charge in [-0.3, -0.25) is 9.52 Å². The highest BCUT2D eigenvalue weighted by Crippen LogP contribution is 2.36. The molecule has 2 N–H and O–H groups in total. The van der Waals surface area contributed by atoms with Gasteiger partial charge in [-0.25, -0.2) is 0 Å². The minimum Gasteiger partial charge on any atom is -0.337 e. The Labute approximate surface area is 169 Å². The first kappa shape index (κ1) is 23.7. The molecule has 0 radical (unpaired) electrons. The first-order valence-electron chi connectivity index (χ1n) is 9.60. The molecule has 1 aliphatic heterocycles. The number of nitrogens with one attached hydrogen (secondary N) is 2. The van der Waals surface area contributed by atoms with Gasteiger partial charge >= 0.3 is 15.5 Å². The Hall–Kier alpha value is -1.59. The molecule has 1 amide bonds. The van der Waals surface area contributed by atoms with Crippen molar-refractivity contribution in [1.82, 2.24) is 15.1 Å². The van der Waals surface area contributed by atoms with E-state index in [1.165, 1.54) is 11.0 Å². The van der Waals surface area contributed by atoms with Crippen LogP contribution in [0.25, 0.3) is 0 Å². The molecule has 2 aliphatic rings. The largest absolute Gasteiger partial charge is 0.516 e. The van der Waals surface area contributed by atoms with Crippen LogP contribution in [0.2, 0.25) is 0 Å². The smallest absolute Gasteiger partial charge is 0.337 e. The Morgan fingerprint density at radius 1 is 1.28 bits per heavy atom. The first-order valence-corrected chi connectivity index (χ1v) is 11.1. The van der Waals surface area contributed by atoms with Crippen molar-refractivity contribution in [2.75, 3.05) is 19.7 Å². The summed E-state index contributed by atoms with van der Waals surface area (Å²) in [6.45, 7) is 6.58. The summed E-state index contributed by atoms with van der Waals surface area (Å²) >= 11 is 0. The van der Waals surface area contributed by atoms with Crippen LogP contribution < -0.4 is 10.2 Å². The summed E-state index contributed by atoms with van der Waals surface area (Å²) in [5.74, 6) is -0.224. The lowest BCUT2D eigenvalue weighted by Gasteiger charge is -2.45. The molecular weight excluding hydrogens is 411 g/mol. The molecule has 0 bridgehead atoms. The molecule has 2 unspecified atom stereocenters. The quantitative estimate of drug-likeness (QED) is 0.568. The molecule has 0 aromatic carbocycles. The summed E-state index contributed by atoms with van der Waals surface area (Å²) in [5, 5.41) is 0. The molecule has 1 heterocycles. The van der Waals surface area contributed by atoms with Gasteiger partial charge in [0, 0.05) is 18.8 Å². The molecule has 7 nitrogen and oxygen atoms in total. The minimum absolute atomic E-state index is 0.0230. The standard InChI is InChI=1S/C18H28F3N3O4S/c1-4-17(3)10-11-24(16(25)15(17)22-28-5-2)12-13-8-6-7-9-14(13)23-29(26,27)18(19,20)21/h8-9,15,22-23H,4-7,10-12H2,1-3H3. The number of piperidine rings is 1. The number of hydrogen-bond donors (Lipinski definition) is 2. The van der Waals surface area contributed by atoms with Crippen LogP contribution in [-0.2, 0) is 19.7 Å². The average molecular weight is 440 g/mol. The molecule has 0 spiro atoms. The predicted molar refractivity (Wildman–Crippen MR) is 102 cm³/mol. The molecule has 0 aromatic rings. The van der Waals surface area contributed by atoms with Gasteiger partial charge in [0.25, 0.3) is 0 Å². The van der Waals surface area contributed by atoms with Crippen molar-refractivity contribution in [1.29, 1.82) is 0 Å². The maximum absolute atomic E-state index is 13.0. The first-order chi connectivity index (χ1) is 13.4. The molecule has 11 heteroatoms. The second kappa shape index (κ2) is 9.05. The number of nitrogens with zero attached hydrogens (tertiary/aromatic N) is 1. The normalized spacial score (nSPS) is 26.2. The van der Waals surface area contributed by atoms with E-state index in [2.05, 4.69) is 5.48 Å². The van der Waals surface area contributed by atoms with Crippen molar-refractivity contribution >= 4 is 15.9 Å². The van der Waals surface area contributed by atoms with Crippen LogP contribution in [0, 0.1) is 5.41 Å². The van der Waals surface area contributed by atoms with Crippen molar-refractivity contribution in [3.63, 3.8) is 0 Å². The van der Waals surface area contributed by atoms with Gasteiger partial charge in [-0.05, 0) is 43.6 Å². The van der Waals surface area contributed by atoms with Crippen LogP contribution in [0.1, 0.15) is 46.5 Å². The molecule has 2 rings (SSSR count). The fourth-order valence-corrected chi connectivity index (χ4v) is 4.03. The molecule has 0 saturated carbocycles. The number of alkyl halides is 3. The number of hydroxylamine groups is 1. The second-order valence-electron chi connectivity index (χ2n) is 7.48. The Balaban J connectivity index is 2.18. The van der Waals surface area contributed by atoms with Gasteiger partial charge < -0.3 is 9.74 Å². The van der Waals surface area contributed by atoms with Gasteiger partial charge in [-0.15, -0.1) is 0 Å². The summed E-state index contributed by atoms with van der Waals surface area (Å²) < 4.78 is 62.9. The number of amides is 1. The van der Waals surface area contributed by atoms with E-state index in [0.717, 1.165) is 6.42 Å².